The topological polar surface area (TPSA) is 46.2 Å². The van der Waals surface area contributed by atoms with Gasteiger partial charge in [0.25, 0.3) is 0 Å². The van der Waals surface area contributed by atoms with Gasteiger partial charge in [-0.1, -0.05) is 32.6 Å². The molecule has 1 fully saturated rings. The Kier molecular flexibility index (Phi) is 3.53. The lowest BCUT2D eigenvalue weighted by atomic mass is 9.73. The Morgan fingerprint density at radius 3 is 2.50 bits per heavy atom. The molecule has 0 aromatic rings. The van der Waals surface area contributed by atoms with Crippen LogP contribution < -0.4 is 5.73 Å². The highest BCUT2D eigenvalue weighted by Gasteiger charge is 2.39. The molecule has 72 valence electrons. The third-order valence-corrected chi connectivity index (χ3v) is 2.78. The van der Waals surface area contributed by atoms with E-state index in [2.05, 4.69) is 6.92 Å². The Morgan fingerprint density at radius 2 is 2.00 bits per heavy atom. The van der Waals surface area contributed by atoms with E-state index >= 15 is 0 Å². The first-order valence-electron chi connectivity index (χ1n) is 5.14. The van der Waals surface area contributed by atoms with Crippen molar-refractivity contribution in [2.75, 3.05) is 0 Å². The molecule has 0 radical (unpaired) electrons. The predicted octanol–water partition coefficient (Wildman–Crippen LogP) is 1.81. The Bertz CT molecular complexity index is 130. The molecular formula is C10H21NO. The van der Waals surface area contributed by atoms with Crippen molar-refractivity contribution in [1.29, 1.82) is 0 Å². The third-order valence-electron chi connectivity index (χ3n) is 2.78. The average Bonchev–Trinajstić information content (AvgIpc) is 1.96. The van der Waals surface area contributed by atoms with Crippen molar-refractivity contribution >= 4 is 0 Å². The smallest absolute Gasteiger partial charge is 0.0677 e. The molecule has 2 nitrogen and oxygen atoms in total. The number of nitrogens with two attached hydrogens (primary N) is 1. The van der Waals surface area contributed by atoms with E-state index in [1.54, 1.807) is 0 Å². The van der Waals surface area contributed by atoms with Gasteiger partial charge in [0.15, 0.2) is 0 Å². The monoisotopic (exact) mass is 171 g/mol. The largest absolute Gasteiger partial charge is 0.390 e. The zero-order valence-corrected chi connectivity index (χ0v) is 8.05. The molecule has 0 amide bonds. The van der Waals surface area contributed by atoms with Crippen LogP contribution in [0.1, 0.15) is 51.9 Å². The van der Waals surface area contributed by atoms with Crippen molar-refractivity contribution in [3.8, 4) is 0 Å². The molecule has 0 heterocycles. The lowest BCUT2D eigenvalue weighted by Crippen LogP contribution is -2.51. The second-order valence-corrected chi connectivity index (χ2v) is 4.20. The van der Waals surface area contributed by atoms with Crippen LogP contribution in [0.2, 0.25) is 0 Å². The van der Waals surface area contributed by atoms with Crippen LogP contribution in [0.15, 0.2) is 0 Å². The van der Waals surface area contributed by atoms with Crippen molar-refractivity contribution in [1.82, 2.24) is 0 Å². The summed E-state index contributed by atoms with van der Waals surface area (Å²) in [6, 6.07) is 0.265. The summed E-state index contributed by atoms with van der Waals surface area (Å²) in [5.74, 6) is 0. The van der Waals surface area contributed by atoms with Crippen LogP contribution in [0.3, 0.4) is 0 Å². The molecule has 2 heteroatoms. The van der Waals surface area contributed by atoms with Gasteiger partial charge in [-0.3, -0.25) is 0 Å². The van der Waals surface area contributed by atoms with Crippen molar-refractivity contribution < 1.29 is 5.11 Å². The molecule has 3 N–H and O–H groups in total. The molecule has 0 aliphatic heterocycles. The Labute approximate surface area is 75.2 Å². The number of hydrogen-bond acceptors (Lipinski definition) is 2. The van der Waals surface area contributed by atoms with Gasteiger partial charge in [0, 0.05) is 6.04 Å². The normalized spacial score (nSPS) is 34.8. The van der Waals surface area contributed by atoms with E-state index in [-0.39, 0.29) is 11.6 Å². The Morgan fingerprint density at radius 1 is 1.33 bits per heavy atom. The van der Waals surface area contributed by atoms with Crippen molar-refractivity contribution in [2.45, 2.75) is 63.5 Å². The van der Waals surface area contributed by atoms with Crippen LogP contribution in [0.25, 0.3) is 0 Å². The number of unbranched alkanes of at least 4 members (excludes halogenated alkanes) is 3. The van der Waals surface area contributed by atoms with Crippen molar-refractivity contribution in [3.05, 3.63) is 0 Å². The molecular weight excluding hydrogens is 150 g/mol. The summed E-state index contributed by atoms with van der Waals surface area (Å²) in [5, 5.41) is 9.80. The van der Waals surface area contributed by atoms with Crippen LogP contribution in [-0.4, -0.2) is 16.7 Å². The summed E-state index contributed by atoms with van der Waals surface area (Å²) in [6.45, 7) is 2.20. The minimum Gasteiger partial charge on any atom is -0.390 e. The highest BCUT2D eigenvalue weighted by atomic mass is 16.3. The molecule has 0 bridgehead atoms. The van der Waals surface area contributed by atoms with Gasteiger partial charge >= 0.3 is 0 Å². The van der Waals surface area contributed by atoms with E-state index < -0.39 is 0 Å². The third kappa shape index (κ3) is 2.76. The molecule has 1 saturated carbocycles. The van der Waals surface area contributed by atoms with Gasteiger partial charge in [-0.25, -0.2) is 0 Å². The first-order chi connectivity index (χ1) is 5.66. The van der Waals surface area contributed by atoms with E-state index in [0.29, 0.717) is 0 Å². The molecule has 12 heavy (non-hydrogen) atoms. The fourth-order valence-electron chi connectivity index (χ4n) is 2.00. The molecule has 0 unspecified atom stereocenters. The summed E-state index contributed by atoms with van der Waals surface area (Å²) < 4.78 is 0. The molecule has 1 aliphatic carbocycles. The zero-order chi connectivity index (χ0) is 9.03. The minimum absolute atomic E-state index is 0.265. The maximum Gasteiger partial charge on any atom is 0.0677 e. The summed E-state index contributed by atoms with van der Waals surface area (Å²) >= 11 is 0. The number of hydrogen-bond donors (Lipinski definition) is 2. The van der Waals surface area contributed by atoms with Gasteiger partial charge in [-0.2, -0.15) is 0 Å². The lowest BCUT2D eigenvalue weighted by Gasteiger charge is -2.42. The first kappa shape index (κ1) is 10.0. The second-order valence-electron chi connectivity index (χ2n) is 4.20. The molecule has 0 saturated heterocycles. The van der Waals surface area contributed by atoms with Crippen LogP contribution >= 0.6 is 0 Å². The Balaban J connectivity index is 2.00. The Hall–Kier alpha value is -0.0800. The van der Waals surface area contributed by atoms with E-state index in [1.165, 1.54) is 19.3 Å². The fourth-order valence-corrected chi connectivity index (χ4v) is 2.00. The van der Waals surface area contributed by atoms with Crippen LogP contribution in [0.5, 0.6) is 0 Å². The summed E-state index contributed by atoms with van der Waals surface area (Å²) in [6.07, 6.45) is 7.57. The molecule has 0 aromatic heterocycles. The summed E-state index contributed by atoms with van der Waals surface area (Å²) in [4.78, 5) is 0. The quantitative estimate of drug-likeness (QED) is 0.620. The standard InChI is InChI=1S/C10H21NO/c1-2-3-4-5-6-10(12)7-9(11)8-10/h9,12H,2-8,11H2,1H3. The number of aliphatic hydroxyl groups is 1. The molecule has 1 rings (SSSR count). The van der Waals surface area contributed by atoms with Gasteiger partial charge in [0.1, 0.15) is 0 Å². The molecule has 0 spiro atoms. The van der Waals surface area contributed by atoms with Gasteiger partial charge in [0.2, 0.25) is 0 Å². The fraction of sp³-hybridized carbons (Fsp3) is 1.00. The van der Waals surface area contributed by atoms with Crippen molar-refractivity contribution in [3.63, 3.8) is 0 Å². The molecule has 0 atom stereocenters. The van der Waals surface area contributed by atoms with Crippen LogP contribution in [-0.2, 0) is 0 Å². The van der Waals surface area contributed by atoms with Crippen LogP contribution in [0, 0.1) is 0 Å². The van der Waals surface area contributed by atoms with E-state index in [9.17, 15) is 5.11 Å². The highest BCUT2D eigenvalue weighted by molar-refractivity contribution is 4.96. The second kappa shape index (κ2) is 4.24. The highest BCUT2D eigenvalue weighted by Crippen LogP contribution is 2.35. The predicted molar refractivity (Wildman–Crippen MR) is 50.9 cm³/mol. The minimum atomic E-state index is -0.382. The lowest BCUT2D eigenvalue weighted by molar-refractivity contribution is -0.0546. The van der Waals surface area contributed by atoms with E-state index in [0.717, 1.165) is 25.7 Å². The maximum atomic E-state index is 9.80. The van der Waals surface area contributed by atoms with Gasteiger partial charge in [-0.15, -0.1) is 0 Å². The van der Waals surface area contributed by atoms with Crippen molar-refractivity contribution in [2.24, 2.45) is 5.73 Å². The van der Waals surface area contributed by atoms with Gasteiger partial charge < -0.3 is 10.8 Å². The van der Waals surface area contributed by atoms with Gasteiger partial charge in [0.05, 0.1) is 5.60 Å². The zero-order valence-electron chi connectivity index (χ0n) is 8.05. The molecule has 0 aromatic carbocycles. The van der Waals surface area contributed by atoms with E-state index in [1.807, 2.05) is 0 Å². The molecule has 1 aliphatic rings. The van der Waals surface area contributed by atoms with Gasteiger partial charge in [-0.05, 0) is 19.3 Å². The average molecular weight is 171 g/mol. The van der Waals surface area contributed by atoms with Crippen LogP contribution in [0.4, 0.5) is 0 Å². The number of rotatable bonds is 5. The first-order valence-corrected chi connectivity index (χ1v) is 5.14. The maximum absolute atomic E-state index is 9.80. The SMILES string of the molecule is CCCCCCC1(O)CC(N)C1. The summed E-state index contributed by atoms with van der Waals surface area (Å²) in [7, 11) is 0. The van der Waals surface area contributed by atoms with E-state index in [4.69, 9.17) is 5.73 Å². The summed E-state index contributed by atoms with van der Waals surface area (Å²) in [5.41, 5.74) is 5.24.